The average Bonchev–Trinajstić information content (AvgIpc) is 3.52. The molecule has 2 aromatic rings. The molecule has 2 aliphatic rings. The van der Waals surface area contributed by atoms with Crippen molar-refractivity contribution in [2.45, 2.75) is 58.4 Å². The van der Waals surface area contributed by atoms with Crippen molar-refractivity contribution >= 4 is 23.6 Å². The fourth-order valence-corrected chi connectivity index (χ4v) is 4.47. The molecule has 0 spiro atoms. The third-order valence-corrected chi connectivity index (χ3v) is 6.43. The van der Waals surface area contributed by atoms with E-state index in [2.05, 4.69) is 10.6 Å². The van der Waals surface area contributed by atoms with Crippen molar-refractivity contribution in [2.24, 2.45) is 0 Å². The molecule has 0 bridgehead atoms. The molecule has 3 amide bonds. The van der Waals surface area contributed by atoms with Crippen LogP contribution in [0.4, 0.5) is 14.9 Å². The van der Waals surface area contributed by atoms with E-state index in [0.717, 1.165) is 5.56 Å². The molecule has 0 aliphatic carbocycles. The van der Waals surface area contributed by atoms with Gasteiger partial charge in [0.2, 0.25) is 18.2 Å². The summed E-state index contributed by atoms with van der Waals surface area (Å²) in [4.78, 5) is 39.2. The van der Waals surface area contributed by atoms with Crippen LogP contribution < -0.4 is 15.5 Å². The van der Waals surface area contributed by atoms with Crippen molar-refractivity contribution < 1.29 is 33.4 Å². The summed E-state index contributed by atoms with van der Waals surface area (Å²) in [5.74, 6) is -0.986. The lowest BCUT2D eigenvalue weighted by Crippen LogP contribution is -2.47. The van der Waals surface area contributed by atoms with Crippen molar-refractivity contribution in [2.75, 3.05) is 24.5 Å². The number of rotatable bonds is 7. The maximum absolute atomic E-state index is 15.1. The van der Waals surface area contributed by atoms with E-state index in [0.29, 0.717) is 29.9 Å². The Morgan fingerprint density at radius 1 is 1.12 bits per heavy atom. The van der Waals surface area contributed by atoms with E-state index >= 15 is 4.39 Å². The Balaban J connectivity index is 1.34. The highest BCUT2D eigenvalue weighted by Gasteiger charge is 2.34. The molecule has 1 saturated heterocycles. The maximum atomic E-state index is 15.1. The van der Waals surface area contributed by atoms with Gasteiger partial charge in [-0.05, 0) is 50.1 Å². The maximum Gasteiger partial charge on any atom is 0.411 e. The van der Waals surface area contributed by atoms with Crippen molar-refractivity contribution in [1.29, 1.82) is 0 Å². The van der Waals surface area contributed by atoms with Crippen LogP contribution in [-0.4, -0.2) is 71.7 Å². The molecular formula is C29H35FN4O6. The van der Waals surface area contributed by atoms with Crippen LogP contribution >= 0.6 is 0 Å². The van der Waals surface area contributed by atoms with Crippen LogP contribution in [0.15, 0.2) is 54.6 Å². The molecule has 3 N–H and O–H groups in total. The average molecular weight is 555 g/mol. The minimum Gasteiger partial charge on any atom is -0.444 e. The molecule has 0 saturated carbocycles. The highest BCUT2D eigenvalue weighted by molar-refractivity contribution is 5.88. The lowest BCUT2D eigenvalue weighted by molar-refractivity contribution is -0.124. The van der Waals surface area contributed by atoms with Gasteiger partial charge >= 0.3 is 6.09 Å². The van der Waals surface area contributed by atoms with Gasteiger partial charge in [-0.15, -0.1) is 0 Å². The standard InChI is InChI=1S/C29H35FN4O6/c1-18(35)31-16-22-17-34(27(37)39-22)21-11-12-23(24(30)14-21)20-9-7-19(8-10-20)15-32-26(36)25-6-5-13-33(25)28(38)40-29(2,3)4/h5-12,14,22,25,27,37H,13,15-17H2,1-4H3,(H,31,35)(H,32,36)/t22-,25-,27?/m0/s1. The molecule has 1 fully saturated rings. The number of ether oxygens (including phenoxy) is 2. The molecule has 40 heavy (non-hydrogen) atoms. The van der Waals surface area contributed by atoms with Gasteiger partial charge in [0.25, 0.3) is 0 Å². The number of nitrogens with zero attached hydrogens (tertiary/aromatic N) is 2. The first-order valence-corrected chi connectivity index (χ1v) is 13.1. The largest absolute Gasteiger partial charge is 0.444 e. The first-order chi connectivity index (χ1) is 18.9. The molecule has 2 aliphatic heterocycles. The summed E-state index contributed by atoms with van der Waals surface area (Å²) in [6, 6.07) is 11.0. The van der Waals surface area contributed by atoms with Crippen molar-refractivity contribution in [1.82, 2.24) is 15.5 Å². The summed E-state index contributed by atoms with van der Waals surface area (Å²) in [5, 5.41) is 15.7. The second-order valence-electron chi connectivity index (χ2n) is 10.8. The van der Waals surface area contributed by atoms with Crippen LogP contribution in [0, 0.1) is 5.82 Å². The van der Waals surface area contributed by atoms with Gasteiger partial charge in [-0.25, -0.2) is 9.18 Å². The lowest BCUT2D eigenvalue weighted by atomic mass is 10.0. The number of hydrogen-bond acceptors (Lipinski definition) is 7. The molecule has 11 heteroatoms. The van der Waals surface area contributed by atoms with Gasteiger partial charge in [-0.3, -0.25) is 14.5 Å². The van der Waals surface area contributed by atoms with E-state index in [1.807, 2.05) is 0 Å². The smallest absolute Gasteiger partial charge is 0.411 e. The number of amides is 3. The van der Waals surface area contributed by atoms with Crippen LogP contribution in [0.5, 0.6) is 0 Å². The van der Waals surface area contributed by atoms with Crippen LogP contribution in [0.25, 0.3) is 11.1 Å². The van der Waals surface area contributed by atoms with Crippen molar-refractivity contribution in [3.8, 4) is 11.1 Å². The second-order valence-corrected chi connectivity index (χ2v) is 10.8. The molecule has 2 heterocycles. The van der Waals surface area contributed by atoms with Gasteiger partial charge in [-0.1, -0.05) is 36.4 Å². The zero-order chi connectivity index (χ0) is 29.0. The number of carbonyl (C=O) groups excluding carboxylic acids is 3. The number of anilines is 1. The van der Waals surface area contributed by atoms with E-state index in [4.69, 9.17) is 9.47 Å². The molecule has 4 rings (SSSR count). The Morgan fingerprint density at radius 2 is 1.85 bits per heavy atom. The molecule has 0 aromatic heterocycles. The number of benzene rings is 2. The van der Waals surface area contributed by atoms with Gasteiger partial charge in [-0.2, -0.15) is 0 Å². The predicted molar refractivity (Wildman–Crippen MR) is 146 cm³/mol. The molecular weight excluding hydrogens is 519 g/mol. The Labute approximate surface area is 232 Å². The Hall–Kier alpha value is -3.96. The van der Waals surface area contributed by atoms with E-state index in [1.54, 1.807) is 69.3 Å². The number of nitrogens with one attached hydrogen (secondary N) is 2. The van der Waals surface area contributed by atoms with Gasteiger partial charge in [0.1, 0.15) is 17.5 Å². The first kappa shape index (κ1) is 29.0. The number of aliphatic hydroxyl groups excluding tert-OH is 1. The topological polar surface area (TPSA) is 120 Å². The normalized spacial score (nSPS) is 20.5. The Kier molecular flexibility index (Phi) is 8.75. The number of halogens is 1. The van der Waals surface area contributed by atoms with Crippen LogP contribution in [-0.2, 0) is 25.6 Å². The third-order valence-electron chi connectivity index (χ3n) is 6.43. The predicted octanol–water partition coefficient (Wildman–Crippen LogP) is 2.90. The van der Waals surface area contributed by atoms with Crippen molar-refractivity contribution in [3.63, 3.8) is 0 Å². The van der Waals surface area contributed by atoms with Gasteiger partial charge < -0.3 is 30.1 Å². The summed E-state index contributed by atoms with van der Waals surface area (Å²) >= 11 is 0. The monoisotopic (exact) mass is 554 g/mol. The van der Waals surface area contributed by atoms with E-state index in [9.17, 15) is 19.5 Å². The zero-order valence-corrected chi connectivity index (χ0v) is 23.0. The molecule has 2 aromatic carbocycles. The number of carbonyl (C=O) groups is 3. The summed E-state index contributed by atoms with van der Waals surface area (Å²) in [6.07, 6.45) is 1.22. The molecule has 1 unspecified atom stereocenters. The number of hydrogen-bond donors (Lipinski definition) is 3. The third kappa shape index (κ3) is 7.16. The van der Waals surface area contributed by atoms with Crippen molar-refractivity contribution in [3.05, 3.63) is 66.0 Å². The van der Waals surface area contributed by atoms with Crippen LogP contribution in [0.1, 0.15) is 33.3 Å². The lowest BCUT2D eigenvalue weighted by Gasteiger charge is -2.28. The minimum absolute atomic E-state index is 0.198. The fraction of sp³-hybridized carbons (Fsp3) is 0.414. The summed E-state index contributed by atoms with van der Waals surface area (Å²) < 4.78 is 25.9. The highest BCUT2D eigenvalue weighted by atomic mass is 19.1. The van der Waals surface area contributed by atoms with Crippen LogP contribution in [0.3, 0.4) is 0 Å². The molecule has 3 atom stereocenters. The Morgan fingerprint density at radius 3 is 2.50 bits per heavy atom. The van der Waals surface area contributed by atoms with Crippen LogP contribution in [0.2, 0.25) is 0 Å². The van der Waals surface area contributed by atoms with E-state index in [-0.39, 0.29) is 24.9 Å². The fourth-order valence-electron chi connectivity index (χ4n) is 4.47. The summed E-state index contributed by atoms with van der Waals surface area (Å²) in [7, 11) is 0. The van der Waals surface area contributed by atoms with E-state index in [1.165, 1.54) is 22.8 Å². The Bertz CT molecular complexity index is 1280. The second kappa shape index (κ2) is 12.1. The number of aliphatic hydroxyl groups is 1. The molecule has 10 nitrogen and oxygen atoms in total. The summed E-state index contributed by atoms with van der Waals surface area (Å²) in [6.45, 7) is 7.79. The van der Waals surface area contributed by atoms with Gasteiger partial charge in [0.15, 0.2) is 0 Å². The van der Waals surface area contributed by atoms with Gasteiger partial charge in [0, 0.05) is 37.8 Å². The minimum atomic E-state index is -1.24. The zero-order valence-electron chi connectivity index (χ0n) is 23.0. The van der Waals surface area contributed by atoms with Gasteiger partial charge in [0.05, 0.1) is 12.6 Å². The quantitative estimate of drug-likeness (QED) is 0.450. The first-order valence-electron chi connectivity index (χ1n) is 13.1. The van der Waals surface area contributed by atoms with E-state index < -0.39 is 36.1 Å². The molecule has 214 valence electrons. The summed E-state index contributed by atoms with van der Waals surface area (Å²) in [5.41, 5.74) is 1.63. The molecule has 0 radical (unpaired) electrons. The SMILES string of the molecule is CC(=O)NC[C@H]1CN(c2ccc(-c3ccc(CNC(=O)[C@@H]4C=CCN4C(=O)OC(C)(C)C)cc3)c(F)c2)C(O)O1. The highest BCUT2D eigenvalue weighted by Crippen LogP contribution is 2.30.